The number of benzene rings is 1. The summed E-state index contributed by atoms with van der Waals surface area (Å²) in [6.07, 6.45) is 4.86. The highest BCUT2D eigenvalue weighted by Gasteiger charge is 2.33. The molecule has 16 heavy (non-hydrogen) atoms. The van der Waals surface area contributed by atoms with E-state index in [1.807, 2.05) is 0 Å². The van der Waals surface area contributed by atoms with Crippen LogP contribution in [0.1, 0.15) is 24.5 Å². The van der Waals surface area contributed by atoms with Crippen LogP contribution in [-0.2, 0) is 22.3 Å². The molecule has 1 aromatic carbocycles. The largest absolute Gasteiger partial charge is 0.373 e. The summed E-state index contributed by atoms with van der Waals surface area (Å²) in [4.78, 5) is 0. The molecule has 2 saturated heterocycles. The van der Waals surface area contributed by atoms with Crippen LogP contribution in [-0.4, -0.2) is 24.9 Å². The van der Waals surface area contributed by atoms with Gasteiger partial charge >= 0.3 is 0 Å². The molecule has 0 saturated carbocycles. The Labute approximate surface area is 96.6 Å². The average Bonchev–Trinajstić information content (AvgIpc) is 3.18. The van der Waals surface area contributed by atoms with Crippen LogP contribution in [0.15, 0.2) is 24.3 Å². The number of hydrogen-bond acceptors (Lipinski definition) is 2. The second-order valence-electron chi connectivity index (χ2n) is 4.89. The summed E-state index contributed by atoms with van der Waals surface area (Å²) in [5, 5.41) is 0. The molecular formula is C14H18O2. The Hall–Kier alpha value is -0.860. The fourth-order valence-corrected chi connectivity index (χ4v) is 2.13. The van der Waals surface area contributed by atoms with Gasteiger partial charge in [0.2, 0.25) is 0 Å². The highest BCUT2D eigenvalue weighted by Crippen LogP contribution is 2.26. The standard InChI is InChI=1S/C14H18O2/c1-10-14(16-10)7-6-11-2-4-12(5-3-11)8-13-9-15-13/h2-5,10,13-14H,6-9H2,1H3. The number of rotatable bonds is 5. The van der Waals surface area contributed by atoms with Crippen molar-refractivity contribution in [2.24, 2.45) is 0 Å². The van der Waals surface area contributed by atoms with Gasteiger partial charge in [-0.2, -0.15) is 0 Å². The van der Waals surface area contributed by atoms with Crippen LogP contribution in [0.4, 0.5) is 0 Å². The van der Waals surface area contributed by atoms with Gasteiger partial charge in [-0.05, 0) is 30.9 Å². The van der Waals surface area contributed by atoms with Crippen LogP contribution in [0.3, 0.4) is 0 Å². The predicted octanol–water partition coefficient (Wildman–Crippen LogP) is 2.35. The zero-order chi connectivity index (χ0) is 11.0. The van der Waals surface area contributed by atoms with Crippen LogP contribution in [0, 0.1) is 0 Å². The smallest absolute Gasteiger partial charge is 0.0850 e. The molecule has 3 unspecified atom stereocenters. The molecule has 3 rings (SSSR count). The summed E-state index contributed by atoms with van der Waals surface area (Å²) in [6, 6.07) is 8.94. The number of ether oxygens (including phenoxy) is 2. The van der Waals surface area contributed by atoms with E-state index in [1.54, 1.807) is 0 Å². The summed E-state index contributed by atoms with van der Waals surface area (Å²) in [5.41, 5.74) is 2.81. The van der Waals surface area contributed by atoms with Crippen molar-refractivity contribution in [1.29, 1.82) is 0 Å². The molecule has 2 aliphatic rings. The Morgan fingerprint density at radius 3 is 2.38 bits per heavy atom. The summed E-state index contributed by atoms with van der Waals surface area (Å²) in [5.74, 6) is 0. The first kappa shape index (κ1) is 10.3. The molecule has 0 radical (unpaired) electrons. The van der Waals surface area contributed by atoms with Gasteiger partial charge in [-0.15, -0.1) is 0 Å². The third-order valence-corrected chi connectivity index (χ3v) is 3.44. The van der Waals surface area contributed by atoms with Gasteiger partial charge in [0.1, 0.15) is 0 Å². The van der Waals surface area contributed by atoms with Gasteiger partial charge < -0.3 is 9.47 Å². The summed E-state index contributed by atoms with van der Waals surface area (Å²) < 4.78 is 10.6. The highest BCUT2D eigenvalue weighted by molar-refractivity contribution is 5.23. The number of epoxide rings is 2. The van der Waals surface area contributed by atoms with E-state index in [-0.39, 0.29) is 0 Å². The van der Waals surface area contributed by atoms with Crippen molar-refractivity contribution in [1.82, 2.24) is 0 Å². The normalized spacial score (nSPS) is 31.4. The van der Waals surface area contributed by atoms with Gasteiger partial charge in [-0.25, -0.2) is 0 Å². The summed E-state index contributed by atoms with van der Waals surface area (Å²) in [7, 11) is 0. The van der Waals surface area contributed by atoms with Gasteiger partial charge in [0.05, 0.1) is 24.9 Å². The van der Waals surface area contributed by atoms with Crippen molar-refractivity contribution in [2.75, 3.05) is 6.61 Å². The van der Waals surface area contributed by atoms with E-state index in [2.05, 4.69) is 31.2 Å². The lowest BCUT2D eigenvalue weighted by Gasteiger charge is -2.02. The second kappa shape index (κ2) is 4.19. The van der Waals surface area contributed by atoms with E-state index >= 15 is 0 Å². The van der Waals surface area contributed by atoms with E-state index in [0.717, 1.165) is 25.9 Å². The molecule has 0 spiro atoms. The quantitative estimate of drug-likeness (QED) is 0.709. The molecule has 2 nitrogen and oxygen atoms in total. The fraction of sp³-hybridized carbons (Fsp3) is 0.571. The molecule has 0 bridgehead atoms. The predicted molar refractivity (Wildman–Crippen MR) is 62.5 cm³/mol. The van der Waals surface area contributed by atoms with Gasteiger partial charge in [0.15, 0.2) is 0 Å². The second-order valence-corrected chi connectivity index (χ2v) is 4.89. The van der Waals surface area contributed by atoms with Crippen LogP contribution in [0.2, 0.25) is 0 Å². The first-order valence-electron chi connectivity index (χ1n) is 6.16. The van der Waals surface area contributed by atoms with Crippen LogP contribution >= 0.6 is 0 Å². The molecule has 0 N–H and O–H groups in total. The van der Waals surface area contributed by atoms with Crippen LogP contribution in [0.25, 0.3) is 0 Å². The minimum absolute atomic E-state index is 0.492. The van der Waals surface area contributed by atoms with Gasteiger partial charge in [-0.1, -0.05) is 24.3 Å². The van der Waals surface area contributed by atoms with E-state index < -0.39 is 0 Å². The van der Waals surface area contributed by atoms with Crippen molar-refractivity contribution < 1.29 is 9.47 Å². The fourth-order valence-electron chi connectivity index (χ4n) is 2.13. The Morgan fingerprint density at radius 1 is 1.19 bits per heavy atom. The highest BCUT2D eigenvalue weighted by atomic mass is 16.6. The molecule has 86 valence electrons. The van der Waals surface area contributed by atoms with Gasteiger partial charge in [-0.3, -0.25) is 0 Å². The topological polar surface area (TPSA) is 25.1 Å². The van der Waals surface area contributed by atoms with Crippen LogP contribution in [0.5, 0.6) is 0 Å². The Balaban J connectivity index is 1.50. The van der Waals surface area contributed by atoms with Crippen molar-refractivity contribution >= 4 is 0 Å². The van der Waals surface area contributed by atoms with E-state index in [9.17, 15) is 0 Å². The molecule has 2 heterocycles. The van der Waals surface area contributed by atoms with E-state index in [0.29, 0.717) is 18.3 Å². The monoisotopic (exact) mass is 218 g/mol. The zero-order valence-electron chi connectivity index (χ0n) is 9.69. The molecule has 0 aromatic heterocycles. The lowest BCUT2D eigenvalue weighted by atomic mass is 10.0. The molecule has 2 aliphatic heterocycles. The average molecular weight is 218 g/mol. The van der Waals surface area contributed by atoms with Crippen molar-refractivity contribution in [3.05, 3.63) is 35.4 Å². The molecule has 1 aromatic rings. The van der Waals surface area contributed by atoms with Gasteiger partial charge in [0, 0.05) is 6.42 Å². The SMILES string of the molecule is CC1OC1CCc1ccc(CC2CO2)cc1. The maximum Gasteiger partial charge on any atom is 0.0850 e. The Morgan fingerprint density at radius 2 is 1.81 bits per heavy atom. The van der Waals surface area contributed by atoms with E-state index in [1.165, 1.54) is 11.1 Å². The molecule has 2 heteroatoms. The molecule has 3 atom stereocenters. The summed E-state index contributed by atoms with van der Waals surface area (Å²) >= 11 is 0. The van der Waals surface area contributed by atoms with Crippen molar-refractivity contribution in [2.45, 2.75) is 44.5 Å². The Bertz CT molecular complexity index is 354. The minimum Gasteiger partial charge on any atom is -0.373 e. The Kier molecular flexibility index (Phi) is 2.70. The van der Waals surface area contributed by atoms with Crippen molar-refractivity contribution in [3.63, 3.8) is 0 Å². The molecule has 2 fully saturated rings. The first-order chi connectivity index (χ1) is 7.81. The molecule has 0 amide bonds. The molecular weight excluding hydrogens is 200 g/mol. The van der Waals surface area contributed by atoms with E-state index in [4.69, 9.17) is 9.47 Å². The summed E-state index contributed by atoms with van der Waals surface area (Å²) in [6.45, 7) is 3.09. The van der Waals surface area contributed by atoms with Crippen molar-refractivity contribution in [3.8, 4) is 0 Å². The van der Waals surface area contributed by atoms with Crippen LogP contribution < -0.4 is 0 Å². The first-order valence-corrected chi connectivity index (χ1v) is 6.16. The third-order valence-electron chi connectivity index (χ3n) is 3.44. The number of hydrogen-bond donors (Lipinski definition) is 0. The number of aryl methyl sites for hydroxylation is 1. The zero-order valence-corrected chi connectivity index (χ0v) is 9.69. The lowest BCUT2D eigenvalue weighted by Crippen LogP contribution is -1.96. The van der Waals surface area contributed by atoms with Gasteiger partial charge in [0.25, 0.3) is 0 Å². The third kappa shape index (κ3) is 2.63. The minimum atomic E-state index is 0.492. The lowest BCUT2D eigenvalue weighted by molar-refractivity contribution is 0.370. The maximum atomic E-state index is 5.41. The maximum absolute atomic E-state index is 5.41. The molecule has 0 aliphatic carbocycles.